The Morgan fingerprint density at radius 1 is 1.36 bits per heavy atom. The second-order valence-electron chi connectivity index (χ2n) is 7.09. The minimum Gasteiger partial charge on any atom is -0.457 e. The number of hydrogen-bond acceptors (Lipinski definition) is 7. The Labute approximate surface area is 161 Å². The van der Waals surface area contributed by atoms with Crippen molar-refractivity contribution in [3.63, 3.8) is 0 Å². The zero-order valence-corrected chi connectivity index (χ0v) is 15.3. The van der Waals surface area contributed by atoms with Gasteiger partial charge in [0.1, 0.15) is 11.6 Å². The molecule has 0 bridgehead atoms. The lowest BCUT2D eigenvalue weighted by molar-refractivity contribution is -0.384. The first-order valence-electron chi connectivity index (χ1n) is 8.91. The molecule has 1 aromatic carbocycles. The Bertz CT molecular complexity index is 837. The summed E-state index contributed by atoms with van der Waals surface area (Å²) in [5, 5.41) is 16.5. The summed E-state index contributed by atoms with van der Waals surface area (Å²) in [6.45, 7) is 5.43. The van der Waals surface area contributed by atoms with Gasteiger partial charge in [-0.15, -0.1) is 6.58 Å². The summed E-state index contributed by atoms with van der Waals surface area (Å²) in [6, 6.07) is 4.54. The third-order valence-corrected chi connectivity index (χ3v) is 5.27. The van der Waals surface area contributed by atoms with Crippen LogP contribution in [0.4, 0.5) is 5.69 Å². The highest BCUT2D eigenvalue weighted by Gasteiger charge is 2.58. The minimum absolute atomic E-state index is 0.0638. The molecule has 4 atom stereocenters. The van der Waals surface area contributed by atoms with E-state index in [0.29, 0.717) is 13.0 Å². The number of carbonyl (C=O) groups excluding carboxylic acids is 3. The molecule has 1 aliphatic carbocycles. The maximum atomic E-state index is 12.5. The number of hydrogen-bond donors (Lipinski definition) is 2. The number of nitro groups is 1. The van der Waals surface area contributed by atoms with Crippen molar-refractivity contribution in [2.45, 2.75) is 37.5 Å². The Kier molecular flexibility index (Phi) is 5.28. The standard InChI is InChI=1S/C19H21N3O6/c1-3-13-9-19(13,11(2)23)21-17(24)16-8-15(10-20-16)28-18(25)12-4-6-14(7-5-12)22(26)27/h3-7,13,15-16,20H,1,8-10H2,2H3,(H,21,24)/t13-,15?,16+,19+/m1/s1. The van der Waals surface area contributed by atoms with Crippen LogP contribution in [0.3, 0.4) is 0 Å². The van der Waals surface area contributed by atoms with Crippen LogP contribution >= 0.6 is 0 Å². The number of esters is 1. The first kappa shape index (κ1) is 19.7. The summed E-state index contributed by atoms with van der Waals surface area (Å²) in [7, 11) is 0. The monoisotopic (exact) mass is 387 g/mol. The number of Topliss-reactive ketones (excluding diaryl/α,β-unsaturated/α-hetero) is 1. The molecule has 1 amide bonds. The zero-order chi connectivity index (χ0) is 20.5. The first-order chi connectivity index (χ1) is 13.3. The molecule has 2 N–H and O–H groups in total. The molecule has 1 aromatic rings. The molecule has 1 unspecified atom stereocenters. The third-order valence-electron chi connectivity index (χ3n) is 5.27. The average Bonchev–Trinajstić information content (AvgIpc) is 3.19. The second-order valence-corrected chi connectivity index (χ2v) is 7.09. The van der Waals surface area contributed by atoms with Crippen molar-refractivity contribution in [2.75, 3.05) is 6.54 Å². The number of carbonyl (C=O) groups is 3. The van der Waals surface area contributed by atoms with Crippen LogP contribution in [0.1, 0.15) is 30.1 Å². The number of amides is 1. The van der Waals surface area contributed by atoms with Crippen LogP contribution in [0.15, 0.2) is 36.9 Å². The molecule has 0 radical (unpaired) electrons. The van der Waals surface area contributed by atoms with Gasteiger partial charge in [-0.05, 0) is 25.5 Å². The van der Waals surface area contributed by atoms with E-state index in [1.54, 1.807) is 6.08 Å². The highest BCUT2D eigenvalue weighted by Crippen LogP contribution is 2.45. The zero-order valence-electron chi connectivity index (χ0n) is 15.3. The number of nitrogens with zero attached hydrogens (tertiary/aromatic N) is 1. The summed E-state index contributed by atoms with van der Waals surface area (Å²) in [5.41, 5.74) is -0.789. The Morgan fingerprint density at radius 2 is 2.04 bits per heavy atom. The molecule has 1 aliphatic heterocycles. The Hall–Kier alpha value is -3.07. The van der Waals surface area contributed by atoms with Gasteiger partial charge in [0.2, 0.25) is 5.91 Å². The van der Waals surface area contributed by atoms with Gasteiger partial charge in [0.15, 0.2) is 5.78 Å². The molecule has 148 valence electrons. The summed E-state index contributed by atoms with van der Waals surface area (Å²) in [4.78, 5) is 46.7. The van der Waals surface area contributed by atoms with E-state index in [9.17, 15) is 24.5 Å². The highest BCUT2D eigenvalue weighted by atomic mass is 16.6. The second kappa shape index (κ2) is 7.51. The van der Waals surface area contributed by atoms with Gasteiger partial charge in [-0.25, -0.2) is 4.79 Å². The topological polar surface area (TPSA) is 128 Å². The summed E-state index contributed by atoms with van der Waals surface area (Å²) < 4.78 is 5.38. The molecule has 1 saturated heterocycles. The summed E-state index contributed by atoms with van der Waals surface area (Å²) >= 11 is 0. The minimum atomic E-state index is -0.867. The lowest BCUT2D eigenvalue weighted by Crippen LogP contribution is -2.50. The molecule has 9 nitrogen and oxygen atoms in total. The van der Waals surface area contributed by atoms with Crippen LogP contribution in [0.25, 0.3) is 0 Å². The van der Waals surface area contributed by atoms with Crippen LogP contribution in [-0.4, -0.2) is 46.8 Å². The predicted octanol–water partition coefficient (Wildman–Crippen LogP) is 1.13. The van der Waals surface area contributed by atoms with Crippen LogP contribution in [0.5, 0.6) is 0 Å². The van der Waals surface area contributed by atoms with Gasteiger partial charge >= 0.3 is 5.97 Å². The maximum absolute atomic E-state index is 12.5. The van der Waals surface area contributed by atoms with E-state index in [2.05, 4.69) is 17.2 Å². The third kappa shape index (κ3) is 3.79. The highest BCUT2D eigenvalue weighted by molar-refractivity contribution is 5.96. The van der Waals surface area contributed by atoms with Crippen molar-refractivity contribution in [1.82, 2.24) is 10.6 Å². The fraction of sp³-hybridized carbons (Fsp3) is 0.421. The summed E-state index contributed by atoms with van der Waals surface area (Å²) in [5.74, 6) is -1.10. The van der Waals surface area contributed by atoms with E-state index in [1.807, 2.05) is 0 Å². The number of nitro benzene ring substituents is 1. The largest absolute Gasteiger partial charge is 0.457 e. The van der Waals surface area contributed by atoms with E-state index in [1.165, 1.54) is 31.2 Å². The number of ether oxygens (including phenoxy) is 1. The number of ketones is 1. The molecule has 28 heavy (non-hydrogen) atoms. The number of rotatable bonds is 7. The van der Waals surface area contributed by atoms with Crippen molar-refractivity contribution in [1.29, 1.82) is 0 Å². The van der Waals surface area contributed by atoms with Gasteiger partial charge in [-0.3, -0.25) is 19.7 Å². The molecule has 1 saturated carbocycles. The Morgan fingerprint density at radius 3 is 2.57 bits per heavy atom. The quantitative estimate of drug-likeness (QED) is 0.311. The van der Waals surface area contributed by atoms with Crippen molar-refractivity contribution in [2.24, 2.45) is 5.92 Å². The number of nitrogens with one attached hydrogen (secondary N) is 2. The van der Waals surface area contributed by atoms with Crippen molar-refractivity contribution < 1.29 is 24.0 Å². The number of non-ortho nitro benzene ring substituents is 1. The summed E-state index contributed by atoms with van der Waals surface area (Å²) in [6.07, 6.45) is 1.97. The van der Waals surface area contributed by atoms with Gasteiger partial charge in [0, 0.05) is 31.0 Å². The molecule has 1 heterocycles. The van der Waals surface area contributed by atoms with E-state index >= 15 is 0 Å². The molecule has 0 spiro atoms. The van der Waals surface area contributed by atoms with Crippen molar-refractivity contribution in [3.05, 3.63) is 52.6 Å². The molecular formula is C19H21N3O6. The number of benzene rings is 1. The average molecular weight is 387 g/mol. The van der Waals surface area contributed by atoms with Crippen LogP contribution in [-0.2, 0) is 14.3 Å². The smallest absolute Gasteiger partial charge is 0.338 e. The van der Waals surface area contributed by atoms with Crippen LogP contribution < -0.4 is 10.6 Å². The Balaban J connectivity index is 1.54. The van der Waals surface area contributed by atoms with E-state index in [0.717, 1.165) is 0 Å². The first-order valence-corrected chi connectivity index (χ1v) is 8.91. The molecule has 9 heteroatoms. The molecule has 0 aromatic heterocycles. The van der Waals surface area contributed by atoms with E-state index in [4.69, 9.17) is 4.74 Å². The van der Waals surface area contributed by atoms with Gasteiger partial charge < -0.3 is 15.4 Å². The van der Waals surface area contributed by atoms with Gasteiger partial charge in [-0.1, -0.05) is 6.08 Å². The fourth-order valence-corrected chi connectivity index (χ4v) is 3.45. The SMILES string of the molecule is C=C[C@@H]1C[C@]1(NC(=O)[C@@H]1CC(OC(=O)c2ccc([N+](=O)[O-])cc2)CN1)C(C)=O. The van der Waals surface area contributed by atoms with Gasteiger partial charge in [-0.2, -0.15) is 0 Å². The van der Waals surface area contributed by atoms with E-state index < -0.39 is 28.6 Å². The van der Waals surface area contributed by atoms with Crippen molar-refractivity contribution >= 4 is 23.3 Å². The van der Waals surface area contributed by atoms with E-state index in [-0.39, 0.29) is 35.3 Å². The maximum Gasteiger partial charge on any atom is 0.338 e. The predicted molar refractivity (Wildman–Crippen MR) is 98.6 cm³/mol. The fourth-order valence-electron chi connectivity index (χ4n) is 3.45. The molecular weight excluding hydrogens is 366 g/mol. The molecule has 2 fully saturated rings. The molecule has 3 rings (SSSR count). The lowest BCUT2D eigenvalue weighted by Gasteiger charge is -2.19. The van der Waals surface area contributed by atoms with Gasteiger partial charge in [0.05, 0.1) is 16.5 Å². The van der Waals surface area contributed by atoms with Crippen molar-refractivity contribution in [3.8, 4) is 0 Å². The lowest BCUT2D eigenvalue weighted by atomic mass is 10.1. The normalized spacial score (nSPS) is 28.2. The van der Waals surface area contributed by atoms with Crippen LogP contribution in [0, 0.1) is 16.0 Å². The van der Waals surface area contributed by atoms with Crippen LogP contribution in [0.2, 0.25) is 0 Å². The van der Waals surface area contributed by atoms with Gasteiger partial charge in [0.25, 0.3) is 5.69 Å². The molecule has 2 aliphatic rings.